The summed E-state index contributed by atoms with van der Waals surface area (Å²) in [6, 6.07) is 14.9. The van der Waals surface area contributed by atoms with Crippen LogP contribution >= 0.6 is 0 Å². The Morgan fingerprint density at radius 2 is 1.78 bits per heavy atom. The van der Waals surface area contributed by atoms with Crippen LogP contribution in [-0.4, -0.2) is 31.6 Å². The molecular formula is C18H17N3O5S. The van der Waals surface area contributed by atoms with Gasteiger partial charge in [-0.1, -0.05) is 35.4 Å². The topological polar surface area (TPSA) is 111 Å². The van der Waals surface area contributed by atoms with Crippen LogP contribution in [0.15, 0.2) is 63.9 Å². The first-order chi connectivity index (χ1) is 13.0. The Morgan fingerprint density at radius 3 is 2.44 bits per heavy atom. The number of nitrogens with zero attached hydrogens (tertiary/aromatic N) is 2. The summed E-state index contributed by atoms with van der Waals surface area (Å²) >= 11 is 0. The van der Waals surface area contributed by atoms with Crippen LogP contribution < -0.4 is 10.1 Å². The van der Waals surface area contributed by atoms with Crippen molar-refractivity contribution in [2.75, 3.05) is 12.4 Å². The quantitative estimate of drug-likeness (QED) is 0.662. The molecule has 0 atom stereocenters. The van der Waals surface area contributed by atoms with Crippen LogP contribution in [0.5, 0.6) is 5.75 Å². The van der Waals surface area contributed by atoms with Crippen LogP contribution in [0.4, 0.5) is 6.01 Å². The first-order valence-electron chi connectivity index (χ1n) is 7.99. The van der Waals surface area contributed by atoms with Gasteiger partial charge in [-0.2, -0.15) is 0 Å². The Bertz CT molecular complexity index is 1010. The SMILES string of the molecule is COc1ccc(CC(=O)Nc2nnc(CS(=O)(=O)c3ccccc3)o2)cc1. The molecule has 0 aliphatic heterocycles. The van der Waals surface area contributed by atoms with Crippen LogP contribution in [0.25, 0.3) is 0 Å². The Labute approximate surface area is 156 Å². The van der Waals surface area contributed by atoms with Crippen molar-refractivity contribution in [3.05, 3.63) is 66.1 Å². The van der Waals surface area contributed by atoms with E-state index >= 15 is 0 Å². The summed E-state index contributed by atoms with van der Waals surface area (Å²) in [6.45, 7) is 0. The van der Waals surface area contributed by atoms with Gasteiger partial charge in [0, 0.05) is 0 Å². The van der Waals surface area contributed by atoms with Gasteiger partial charge in [0.2, 0.25) is 11.8 Å². The van der Waals surface area contributed by atoms with Gasteiger partial charge in [-0.15, -0.1) is 5.10 Å². The van der Waals surface area contributed by atoms with Gasteiger partial charge in [0.05, 0.1) is 18.4 Å². The van der Waals surface area contributed by atoms with E-state index in [0.717, 1.165) is 5.56 Å². The van der Waals surface area contributed by atoms with E-state index in [9.17, 15) is 13.2 Å². The molecule has 0 spiro atoms. The Balaban J connectivity index is 1.61. The highest BCUT2D eigenvalue weighted by molar-refractivity contribution is 7.90. The molecule has 0 aliphatic carbocycles. The number of hydrogen-bond acceptors (Lipinski definition) is 7. The summed E-state index contributed by atoms with van der Waals surface area (Å²) < 4.78 is 34.9. The highest BCUT2D eigenvalue weighted by Gasteiger charge is 2.20. The summed E-state index contributed by atoms with van der Waals surface area (Å²) in [6.07, 6.45) is 0.101. The second-order valence-electron chi connectivity index (χ2n) is 5.65. The molecule has 0 unspecified atom stereocenters. The fourth-order valence-corrected chi connectivity index (χ4v) is 3.51. The molecule has 0 fully saturated rings. The summed E-state index contributed by atoms with van der Waals surface area (Å²) in [5, 5.41) is 9.81. The third-order valence-corrected chi connectivity index (χ3v) is 5.27. The zero-order valence-electron chi connectivity index (χ0n) is 14.5. The minimum Gasteiger partial charge on any atom is -0.497 e. The molecule has 0 radical (unpaired) electrons. The standard InChI is InChI=1S/C18H17N3O5S/c1-25-14-9-7-13(8-10-14)11-16(22)19-18-21-20-17(26-18)12-27(23,24)15-5-3-2-4-6-15/h2-10H,11-12H2,1H3,(H,19,21,22). The number of methoxy groups -OCH3 is 1. The van der Waals surface area contributed by atoms with E-state index in [1.54, 1.807) is 49.6 Å². The van der Waals surface area contributed by atoms with E-state index in [4.69, 9.17) is 9.15 Å². The fourth-order valence-electron chi connectivity index (χ4n) is 2.33. The third kappa shape index (κ3) is 4.91. The van der Waals surface area contributed by atoms with Crippen LogP contribution in [-0.2, 0) is 26.8 Å². The van der Waals surface area contributed by atoms with Gasteiger partial charge < -0.3 is 9.15 Å². The smallest absolute Gasteiger partial charge is 0.322 e. The number of hydrogen-bond donors (Lipinski definition) is 1. The zero-order chi connectivity index (χ0) is 19.3. The van der Waals surface area contributed by atoms with Crippen LogP contribution in [0.2, 0.25) is 0 Å². The Hall–Kier alpha value is -3.20. The van der Waals surface area contributed by atoms with Crippen molar-refractivity contribution >= 4 is 21.8 Å². The van der Waals surface area contributed by atoms with Gasteiger partial charge in [0.25, 0.3) is 0 Å². The van der Waals surface area contributed by atoms with Gasteiger partial charge >= 0.3 is 6.01 Å². The number of anilines is 1. The van der Waals surface area contributed by atoms with Crippen LogP contribution in [0.3, 0.4) is 0 Å². The number of benzene rings is 2. The second kappa shape index (κ2) is 8.00. The molecule has 0 aliphatic rings. The number of aromatic nitrogens is 2. The Morgan fingerprint density at radius 1 is 1.07 bits per heavy atom. The van der Waals surface area contributed by atoms with Crippen molar-refractivity contribution in [3.8, 4) is 5.75 Å². The van der Waals surface area contributed by atoms with Gasteiger partial charge in [-0.3, -0.25) is 10.1 Å². The molecule has 3 aromatic rings. The average molecular weight is 387 g/mol. The molecule has 9 heteroatoms. The molecule has 1 heterocycles. The number of ether oxygens (including phenoxy) is 1. The van der Waals surface area contributed by atoms with E-state index in [1.807, 2.05) is 0 Å². The zero-order valence-corrected chi connectivity index (χ0v) is 15.3. The predicted octanol–water partition coefficient (Wildman–Crippen LogP) is 2.23. The van der Waals surface area contributed by atoms with Gasteiger partial charge in [-0.05, 0) is 29.8 Å². The van der Waals surface area contributed by atoms with E-state index in [-0.39, 0.29) is 29.1 Å². The number of nitrogens with one attached hydrogen (secondary N) is 1. The monoisotopic (exact) mass is 387 g/mol. The average Bonchev–Trinajstić information content (AvgIpc) is 3.09. The lowest BCUT2D eigenvalue weighted by Gasteiger charge is -2.03. The lowest BCUT2D eigenvalue weighted by molar-refractivity contribution is -0.115. The molecule has 1 amide bonds. The molecule has 0 bridgehead atoms. The van der Waals surface area contributed by atoms with E-state index in [0.29, 0.717) is 5.75 Å². The van der Waals surface area contributed by atoms with E-state index in [1.165, 1.54) is 12.1 Å². The number of rotatable bonds is 7. The van der Waals surface area contributed by atoms with Gasteiger partial charge in [0.1, 0.15) is 11.5 Å². The van der Waals surface area contributed by atoms with Crippen molar-refractivity contribution < 1.29 is 22.4 Å². The molecule has 1 aromatic heterocycles. The largest absolute Gasteiger partial charge is 0.497 e. The van der Waals surface area contributed by atoms with Crippen LogP contribution in [0.1, 0.15) is 11.5 Å². The molecule has 0 saturated carbocycles. The maximum absolute atomic E-state index is 12.3. The number of carbonyl (C=O) groups excluding carboxylic acids is 1. The van der Waals surface area contributed by atoms with Gasteiger partial charge in [0.15, 0.2) is 9.84 Å². The molecule has 2 aromatic carbocycles. The van der Waals surface area contributed by atoms with Crippen LogP contribution in [0, 0.1) is 0 Å². The molecule has 140 valence electrons. The predicted molar refractivity (Wildman–Crippen MR) is 97.0 cm³/mol. The third-order valence-electron chi connectivity index (χ3n) is 3.65. The molecule has 3 rings (SSSR count). The highest BCUT2D eigenvalue weighted by Crippen LogP contribution is 2.17. The van der Waals surface area contributed by atoms with Crippen molar-refractivity contribution in [1.29, 1.82) is 0 Å². The van der Waals surface area contributed by atoms with E-state index < -0.39 is 15.6 Å². The van der Waals surface area contributed by atoms with Crippen molar-refractivity contribution in [3.63, 3.8) is 0 Å². The van der Waals surface area contributed by atoms with Gasteiger partial charge in [-0.25, -0.2) is 8.42 Å². The molecule has 27 heavy (non-hydrogen) atoms. The van der Waals surface area contributed by atoms with E-state index in [2.05, 4.69) is 15.5 Å². The molecule has 1 N–H and O–H groups in total. The number of amides is 1. The fraction of sp³-hybridized carbons (Fsp3) is 0.167. The van der Waals surface area contributed by atoms with Crippen molar-refractivity contribution in [2.24, 2.45) is 0 Å². The van der Waals surface area contributed by atoms with Crippen molar-refractivity contribution in [2.45, 2.75) is 17.1 Å². The molecule has 0 saturated heterocycles. The number of sulfone groups is 1. The number of carbonyl (C=O) groups is 1. The Kier molecular flexibility index (Phi) is 5.51. The first-order valence-corrected chi connectivity index (χ1v) is 9.64. The first kappa shape index (κ1) is 18.6. The maximum Gasteiger partial charge on any atom is 0.322 e. The minimum absolute atomic E-state index is 0.0985. The highest BCUT2D eigenvalue weighted by atomic mass is 32.2. The lowest BCUT2D eigenvalue weighted by atomic mass is 10.1. The maximum atomic E-state index is 12.3. The summed E-state index contributed by atoms with van der Waals surface area (Å²) in [7, 11) is -2.04. The lowest BCUT2D eigenvalue weighted by Crippen LogP contribution is -2.14. The molecular weight excluding hydrogens is 370 g/mol. The summed E-state index contributed by atoms with van der Waals surface area (Å²) in [5.74, 6) is -0.210. The molecule has 8 nitrogen and oxygen atoms in total. The second-order valence-corrected chi connectivity index (χ2v) is 7.64. The minimum atomic E-state index is -3.60. The van der Waals surface area contributed by atoms with Crippen molar-refractivity contribution in [1.82, 2.24) is 10.2 Å². The summed E-state index contributed by atoms with van der Waals surface area (Å²) in [5.41, 5.74) is 0.777. The normalized spacial score (nSPS) is 11.1. The summed E-state index contributed by atoms with van der Waals surface area (Å²) in [4.78, 5) is 12.2.